The molecular weight excluding hydrogens is 282 g/mol. The molecule has 0 spiro atoms. The van der Waals surface area contributed by atoms with E-state index in [9.17, 15) is 14.4 Å². The molecule has 0 unspecified atom stereocenters. The Labute approximate surface area is 120 Å². The van der Waals surface area contributed by atoms with Crippen LogP contribution in [0.5, 0.6) is 0 Å². The number of carbonyl (C=O) groups is 3. The van der Waals surface area contributed by atoms with Crippen molar-refractivity contribution in [2.24, 2.45) is 0 Å². The first kappa shape index (κ1) is 16.2. The van der Waals surface area contributed by atoms with Crippen molar-refractivity contribution in [2.45, 2.75) is 27.2 Å². The number of rotatable bonds is 7. The Bertz CT molecular complexity index is 535. The normalized spacial score (nSPS) is 10.2. The Balaban J connectivity index is 3.06. The van der Waals surface area contributed by atoms with E-state index in [0.717, 1.165) is 11.3 Å². The van der Waals surface area contributed by atoms with E-state index in [1.807, 2.05) is 0 Å². The number of ketones is 1. The van der Waals surface area contributed by atoms with Gasteiger partial charge in [-0.2, -0.15) is 0 Å². The third-order valence-electron chi connectivity index (χ3n) is 2.57. The van der Waals surface area contributed by atoms with Gasteiger partial charge in [-0.1, -0.05) is 0 Å². The van der Waals surface area contributed by atoms with Crippen LogP contribution in [0.15, 0.2) is 0 Å². The number of anilines is 1. The number of ether oxygens (including phenoxy) is 1. The number of carbonyl (C=O) groups excluding carboxylic acids is 2. The zero-order valence-electron chi connectivity index (χ0n) is 11.6. The molecule has 0 fully saturated rings. The Hall–Kier alpha value is -1.89. The van der Waals surface area contributed by atoms with E-state index in [1.165, 1.54) is 6.92 Å². The van der Waals surface area contributed by atoms with Crippen LogP contribution in [-0.4, -0.2) is 36.0 Å². The van der Waals surface area contributed by atoms with Gasteiger partial charge in [0.05, 0.1) is 23.5 Å². The van der Waals surface area contributed by atoms with Gasteiger partial charge in [0, 0.05) is 6.54 Å². The Morgan fingerprint density at radius 3 is 2.50 bits per heavy atom. The fraction of sp³-hybridized carbons (Fsp3) is 0.462. The van der Waals surface area contributed by atoms with Crippen LogP contribution in [0.4, 0.5) is 5.00 Å². The molecule has 0 amide bonds. The summed E-state index contributed by atoms with van der Waals surface area (Å²) in [7, 11) is 0. The maximum atomic E-state index is 11.9. The summed E-state index contributed by atoms with van der Waals surface area (Å²) >= 11 is 1.15. The third kappa shape index (κ3) is 3.80. The summed E-state index contributed by atoms with van der Waals surface area (Å²) in [5.41, 5.74) is 0.881. The molecule has 0 bridgehead atoms. The van der Waals surface area contributed by atoms with Crippen LogP contribution >= 0.6 is 11.3 Å². The summed E-state index contributed by atoms with van der Waals surface area (Å²) in [6, 6.07) is 0. The lowest BCUT2D eigenvalue weighted by Crippen LogP contribution is -2.11. The number of carboxylic acid groups (broad SMARTS) is 1. The number of aliphatic carboxylic acids is 1. The smallest absolute Gasteiger partial charge is 0.341 e. The minimum Gasteiger partial charge on any atom is -0.481 e. The molecule has 0 aliphatic rings. The second-order valence-electron chi connectivity index (χ2n) is 4.11. The molecule has 0 saturated heterocycles. The molecule has 0 saturated carbocycles. The van der Waals surface area contributed by atoms with Crippen LogP contribution in [0.2, 0.25) is 0 Å². The number of hydrogen-bond acceptors (Lipinski definition) is 6. The topological polar surface area (TPSA) is 92.7 Å². The Morgan fingerprint density at radius 1 is 1.35 bits per heavy atom. The van der Waals surface area contributed by atoms with Gasteiger partial charge < -0.3 is 15.2 Å². The van der Waals surface area contributed by atoms with Gasteiger partial charge in [-0.15, -0.1) is 11.3 Å². The largest absolute Gasteiger partial charge is 0.481 e. The summed E-state index contributed by atoms with van der Waals surface area (Å²) in [5.74, 6) is -1.58. The lowest BCUT2D eigenvalue weighted by atomic mass is 10.1. The fourth-order valence-corrected chi connectivity index (χ4v) is 2.82. The molecule has 20 heavy (non-hydrogen) atoms. The van der Waals surface area contributed by atoms with E-state index in [1.54, 1.807) is 13.8 Å². The van der Waals surface area contributed by atoms with Gasteiger partial charge in [0.2, 0.25) is 0 Å². The number of Topliss-reactive ketones (excluding diaryl/α,β-unsaturated/α-hetero) is 1. The molecule has 1 rings (SSSR count). The van der Waals surface area contributed by atoms with Gasteiger partial charge in [-0.3, -0.25) is 9.59 Å². The van der Waals surface area contributed by atoms with Gasteiger partial charge in [0.15, 0.2) is 5.78 Å². The highest BCUT2D eigenvalue weighted by Gasteiger charge is 2.23. The van der Waals surface area contributed by atoms with Crippen LogP contribution in [-0.2, 0) is 9.53 Å². The van der Waals surface area contributed by atoms with Gasteiger partial charge in [-0.05, 0) is 26.3 Å². The van der Waals surface area contributed by atoms with Crippen LogP contribution in [0, 0.1) is 6.92 Å². The SMILES string of the molecule is CCOC(=O)c1c(NCCC(=O)O)sc(C(C)=O)c1C. The molecule has 0 aromatic carbocycles. The minimum atomic E-state index is -0.935. The van der Waals surface area contributed by atoms with Crippen molar-refractivity contribution in [1.82, 2.24) is 0 Å². The molecule has 110 valence electrons. The first-order valence-electron chi connectivity index (χ1n) is 6.15. The van der Waals surface area contributed by atoms with Crippen molar-refractivity contribution in [2.75, 3.05) is 18.5 Å². The van der Waals surface area contributed by atoms with Gasteiger partial charge >= 0.3 is 11.9 Å². The zero-order chi connectivity index (χ0) is 15.3. The van der Waals surface area contributed by atoms with E-state index in [4.69, 9.17) is 9.84 Å². The van der Waals surface area contributed by atoms with Crippen LogP contribution in [0.1, 0.15) is 45.9 Å². The highest BCUT2D eigenvalue weighted by molar-refractivity contribution is 7.18. The van der Waals surface area contributed by atoms with E-state index in [-0.39, 0.29) is 25.4 Å². The van der Waals surface area contributed by atoms with Crippen molar-refractivity contribution >= 4 is 34.1 Å². The second kappa shape index (κ2) is 7.04. The van der Waals surface area contributed by atoms with E-state index >= 15 is 0 Å². The number of carboxylic acids is 1. The monoisotopic (exact) mass is 299 g/mol. The van der Waals surface area contributed by atoms with Crippen molar-refractivity contribution in [1.29, 1.82) is 0 Å². The Kier molecular flexibility index (Phi) is 5.69. The lowest BCUT2D eigenvalue weighted by molar-refractivity contribution is -0.136. The van der Waals surface area contributed by atoms with Gasteiger partial charge in [-0.25, -0.2) is 4.79 Å². The van der Waals surface area contributed by atoms with Gasteiger partial charge in [0.1, 0.15) is 5.00 Å². The van der Waals surface area contributed by atoms with Crippen LogP contribution < -0.4 is 5.32 Å². The summed E-state index contributed by atoms with van der Waals surface area (Å²) in [6.45, 7) is 5.22. The van der Waals surface area contributed by atoms with Crippen LogP contribution in [0.25, 0.3) is 0 Å². The first-order valence-corrected chi connectivity index (χ1v) is 6.97. The third-order valence-corrected chi connectivity index (χ3v) is 3.92. The molecule has 0 aliphatic carbocycles. The molecule has 6 nitrogen and oxygen atoms in total. The molecule has 1 aromatic rings. The van der Waals surface area contributed by atoms with Crippen molar-refractivity contribution < 1.29 is 24.2 Å². The first-order chi connectivity index (χ1) is 9.38. The predicted octanol–water partition coefficient (Wildman–Crippen LogP) is 2.32. The number of hydrogen-bond donors (Lipinski definition) is 2. The van der Waals surface area contributed by atoms with Crippen molar-refractivity contribution in [3.63, 3.8) is 0 Å². The predicted molar refractivity (Wildman–Crippen MR) is 75.8 cm³/mol. The Morgan fingerprint density at radius 2 is 2.00 bits per heavy atom. The summed E-state index contributed by atoms with van der Waals surface area (Å²) in [4.78, 5) is 34.5. The van der Waals surface area contributed by atoms with E-state index in [2.05, 4.69) is 5.32 Å². The number of esters is 1. The van der Waals surface area contributed by atoms with Crippen molar-refractivity contribution in [3.8, 4) is 0 Å². The quantitative estimate of drug-likeness (QED) is 0.593. The summed E-state index contributed by atoms with van der Waals surface area (Å²) in [6.07, 6.45) is -0.0748. The molecule has 2 N–H and O–H groups in total. The second-order valence-corrected chi connectivity index (χ2v) is 5.13. The maximum absolute atomic E-state index is 11.9. The highest BCUT2D eigenvalue weighted by atomic mass is 32.1. The summed E-state index contributed by atoms with van der Waals surface area (Å²) in [5, 5.41) is 12.0. The molecule has 0 radical (unpaired) electrons. The van der Waals surface area contributed by atoms with Gasteiger partial charge in [0.25, 0.3) is 0 Å². The molecular formula is C13H17NO5S. The molecule has 1 aromatic heterocycles. The molecule has 1 heterocycles. The summed E-state index contributed by atoms with van der Waals surface area (Å²) < 4.78 is 4.97. The molecule has 0 aliphatic heterocycles. The molecule has 7 heteroatoms. The maximum Gasteiger partial charge on any atom is 0.341 e. The van der Waals surface area contributed by atoms with E-state index in [0.29, 0.717) is 21.0 Å². The number of nitrogens with one attached hydrogen (secondary N) is 1. The van der Waals surface area contributed by atoms with Crippen molar-refractivity contribution in [3.05, 3.63) is 16.0 Å². The average Bonchev–Trinajstić information content (AvgIpc) is 2.66. The fourth-order valence-electron chi connectivity index (χ4n) is 1.71. The highest BCUT2D eigenvalue weighted by Crippen LogP contribution is 2.33. The standard InChI is InChI=1S/C13H17NO5S/c1-4-19-13(18)10-7(2)11(8(3)15)20-12(10)14-6-5-9(16)17/h14H,4-6H2,1-3H3,(H,16,17). The lowest BCUT2D eigenvalue weighted by Gasteiger charge is -2.06. The average molecular weight is 299 g/mol. The zero-order valence-corrected chi connectivity index (χ0v) is 12.4. The molecule has 0 atom stereocenters. The minimum absolute atomic E-state index is 0.0748. The van der Waals surface area contributed by atoms with Crippen LogP contribution in [0.3, 0.4) is 0 Å². The van der Waals surface area contributed by atoms with E-state index < -0.39 is 11.9 Å². The number of thiophene rings is 1.